The van der Waals surface area contributed by atoms with E-state index in [0.29, 0.717) is 10.6 Å². The van der Waals surface area contributed by atoms with Gasteiger partial charge >= 0.3 is 17.3 Å². The SMILES string of the molecule is COC(=O)[C@@H](C)Cn1c(=O)[nH]/c(=N\c2ccc(OC(C)C)c(F)c2)n(Cc2ccc(Cl)cc2)c1=O. The minimum Gasteiger partial charge on any atom is -0.488 e. The molecule has 0 unspecified atom stereocenters. The van der Waals surface area contributed by atoms with E-state index in [-0.39, 0.29) is 36.2 Å². The summed E-state index contributed by atoms with van der Waals surface area (Å²) in [5.74, 6) is -1.87. The van der Waals surface area contributed by atoms with E-state index < -0.39 is 29.1 Å². The van der Waals surface area contributed by atoms with Crippen LogP contribution in [0.1, 0.15) is 26.3 Å². The molecule has 0 fully saturated rings. The molecule has 0 bridgehead atoms. The van der Waals surface area contributed by atoms with Gasteiger partial charge in [-0.3, -0.25) is 14.3 Å². The largest absolute Gasteiger partial charge is 0.488 e. The van der Waals surface area contributed by atoms with Crippen molar-refractivity contribution in [2.45, 2.75) is 40.0 Å². The van der Waals surface area contributed by atoms with Crippen LogP contribution in [0.15, 0.2) is 57.0 Å². The molecule has 35 heavy (non-hydrogen) atoms. The molecule has 0 radical (unpaired) electrons. The Balaban J connectivity index is 2.15. The molecule has 0 aliphatic heterocycles. The van der Waals surface area contributed by atoms with E-state index in [1.165, 1.54) is 23.8 Å². The van der Waals surface area contributed by atoms with Gasteiger partial charge in [0.2, 0.25) is 5.62 Å². The summed E-state index contributed by atoms with van der Waals surface area (Å²) in [7, 11) is 1.23. The number of hydrogen-bond donors (Lipinski definition) is 1. The van der Waals surface area contributed by atoms with Crippen molar-refractivity contribution in [1.29, 1.82) is 0 Å². The molecule has 9 nitrogen and oxygen atoms in total. The van der Waals surface area contributed by atoms with Gasteiger partial charge in [-0.25, -0.2) is 23.5 Å². The molecule has 186 valence electrons. The Hall–Kier alpha value is -3.66. The van der Waals surface area contributed by atoms with Crippen LogP contribution in [0.5, 0.6) is 5.75 Å². The van der Waals surface area contributed by atoms with Crippen LogP contribution < -0.4 is 21.7 Å². The van der Waals surface area contributed by atoms with Crippen LogP contribution in [0.2, 0.25) is 5.02 Å². The second-order valence-electron chi connectivity index (χ2n) is 8.18. The highest BCUT2D eigenvalue weighted by Crippen LogP contribution is 2.23. The summed E-state index contributed by atoms with van der Waals surface area (Å²) >= 11 is 5.96. The molecule has 3 rings (SSSR count). The molecular formula is C24H26ClFN4O5. The number of hydrogen-bond acceptors (Lipinski definition) is 6. The number of halogens is 2. The van der Waals surface area contributed by atoms with Crippen LogP contribution in [0.4, 0.5) is 10.1 Å². The number of nitrogens with zero attached hydrogens (tertiary/aromatic N) is 3. The van der Waals surface area contributed by atoms with Gasteiger partial charge < -0.3 is 9.47 Å². The zero-order chi connectivity index (χ0) is 25.7. The first-order valence-electron chi connectivity index (χ1n) is 10.9. The first kappa shape index (κ1) is 26.0. The van der Waals surface area contributed by atoms with Crippen LogP contribution in [0, 0.1) is 11.7 Å². The molecule has 0 aliphatic rings. The Morgan fingerprint density at radius 2 is 1.80 bits per heavy atom. The Labute approximate surface area is 205 Å². The molecule has 1 N–H and O–H groups in total. The zero-order valence-corrected chi connectivity index (χ0v) is 20.5. The average Bonchev–Trinajstić information content (AvgIpc) is 2.81. The molecule has 2 aromatic carbocycles. The third-order valence-corrected chi connectivity index (χ3v) is 5.26. The number of aromatic amines is 1. The molecule has 1 heterocycles. The molecule has 0 aliphatic carbocycles. The lowest BCUT2D eigenvalue weighted by atomic mass is 10.2. The number of methoxy groups -OCH3 is 1. The first-order valence-corrected chi connectivity index (χ1v) is 11.2. The van der Waals surface area contributed by atoms with Gasteiger partial charge in [-0.05, 0) is 43.7 Å². The molecule has 0 saturated heterocycles. The van der Waals surface area contributed by atoms with Crippen molar-refractivity contribution in [3.8, 4) is 5.75 Å². The van der Waals surface area contributed by atoms with E-state index in [2.05, 4.69) is 9.98 Å². The van der Waals surface area contributed by atoms with Crippen LogP contribution >= 0.6 is 11.6 Å². The van der Waals surface area contributed by atoms with Gasteiger partial charge in [-0.15, -0.1) is 0 Å². The number of carbonyl (C=O) groups excluding carboxylic acids is 1. The predicted molar refractivity (Wildman–Crippen MR) is 128 cm³/mol. The Morgan fingerprint density at radius 3 is 2.40 bits per heavy atom. The lowest BCUT2D eigenvalue weighted by Gasteiger charge is -2.14. The molecule has 11 heteroatoms. The number of aromatic nitrogens is 3. The van der Waals surface area contributed by atoms with Gasteiger partial charge in [0, 0.05) is 17.6 Å². The minimum absolute atomic E-state index is 0.0370. The highest BCUT2D eigenvalue weighted by Gasteiger charge is 2.18. The van der Waals surface area contributed by atoms with Crippen molar-refractivity contribution in [2.24, 2.45) is 10.9 Å². The van der Waals surface area contributed by atoms with E-state index >= 15 is 0 Å². The molecular weight excluding hydrogens is 479 g/mol. The van der Waals surface area contributed by atoms with Gasteiger partial charge in [0.05, 0.1) is 31.4 Å². The van der Waals surface area contributed by atoms with Crippen molar-refractivity contribution in [3.05, 3.63) is 85.5 Å². The maximum Gasteiger partial charge on any atom is 0.335 e. The average molecular weight is 505 g/mol. The summed E-state index contributed by atoms with van der Waals surface area (Å²) < 4.78 is 26.7. The van der Waals surface area contributed by atoms with E-state index in [0.717, 1.165) is 10.6 Å². The molecule has 1 aromatic heterocycles. The maximum atomic E-state index is 14.5. The molecule has 0 spiro atoms. The highest BCUT2D eigenvalue weighted by atomic mass is 35.5. The summed E-state index contributed by atoms with van der Waals surface area (Å²) in [5, 5.41) is 0.522. The Bertz CT molecular complexity index is 1390. The third kappa shape index (κ3) is 6.48. The van der Waals surface area contributed by atoms with Gasteiger partial charge in [0.25, 0.3) is 0 Å². The van der Waals surface area contributed by atoms with Gasteiger partial charge in [0.1, 0.15) is 0 Å². The summed E-state index contributed by atoms with van der Waals surface area (Å²) in [6.45, 7) is 4.94. The Morgan fingerprint density at radius 1 is 1.11 bits per heavy atom. The summed E-state index contributed by atoms with van der Waals surface area (Å²) in [4.78, 5) is 44.8. The van der Waals surface area contributed by atoms with Gasteiger partial charge in [0.15, 0.2) is 11.6 Å². The Kier molecular flexibility index (Phi) is 8.29. The minimum atomic E-state index is -0.767. The summed E-state index contributed by atoms with van der Waals surface area (Å²) in [6, 6.07) is 10.9. The lowest BCUT2D eigenvalue weighted by Crippen LogP contribution is -2.51. The fraction of sp³-hybridized carbons (Fsp3) is 0.333. The first-order chi connectivity index (χ1) is 16.6. The van der Waals surface area contributed by atoms with Crippen LogP contribution in [-0.2, 0) is 22.6 Å². The van der Waals surface area contributed by atoms with Crippen LogP contribution in [-0.4, -0.2) is 33.3 Å². The van der Waals surface area contributed by atoms with Crippen molar-refractivity contribution in [3.63, 3.8) is 0 Å². The summed E-state index contributed by atoms with van der Waals surface area (Å²) in [6.07, 6.45) is -0.217. The van der Waals surface area contributed by atoms with E-state index in [1.54, 1.807) is 45.0 Å². The van der Waals surface area contributed by atoms with Crippen molar-refractivity contribution < 1.29 is 18.7 Å². The topological polar surface area (TPSA) is 108 Å². The molecule has 1 atom stereocenters. The van der Waals surface area contributed by atoms with Crippen LogP contribution in [0.3, 0.4) is 0 Å². The number of esters is 1. The van der Waals surface area contributed by atoms with Crippen molar-refractivity contribution in [2.75, 3.05) is 7.11 Å². The molecule has 0 saturated carbocycles. The predicted octanol–water partition coefficient (Wildman–Crippen LogP) is 3.01. The maximum absolute atomic E-state index is 14.5. The fourth-order valence-corrected chi connectivity index (χ4v) is 3.42. The smallest absolute Gasteiger partial charge is 0.335 e. The quantitative estimate of drug-likeness (QED) is 0.474. The van der Waals surface area contributed by atoms with E-state index in [1.807, 2.05) is 0 Å². The van der Waals surface area contributed by atoms with Gasteiger partial charge in [-0.1, -0.05) is 30.7 Å². The molecule has 0 amide bonds. The standard InChI is InChI=1S/C24H26ClFN4O5/c1-14(2)35-20-10-9-18(11-19(20)26)27-22-28-23(32)30(12-15(3)21(31)34-4)24(33)29(22)13-16-5-7-17(25)8-6-16/h5-11,14-15H,12-13H2,1-4H3,(H,27,28,32)/t15-/m0/s1. The monoisotopic (exact) mass is 504 g/mol. The van der Waals surface area contributed by atoms with Gasteiger partial charge in [-0.2, -0.15) is 0 Å². The van der Waals surface area contributed by atoms with E-state index in [4.69, 9.17) is 21.1 Å². The second kappa shape index (κ2) is 11.2. The molecule has 3 aromatic rings. The third-order valence-electron chi connectivity index (χ3n) is 5.01. The summed E-state index contributed by atoms with van der Waals surface area (Å²) in [5.41, 5.74) is -0.678. The number of benzene rings is 2. The van der Waals surface area contributed by atoms with Crippen molar-refractivity contribution >= 4 is 23.3 Å². The zero-order valence-electron chi connectivity index (χ0n) is 19.7. The van der Waals surface area contributed by atoms with Crippen LogP contribution in [0.25, 0.3) is 0 Å². The number of nitrogens with one attached hydrogen (secondary N) is 1. The number of carbonyl (C=O) groups is 1. The number of rotatable bonds is 8. The number of H-pyrrole nitrogens is 1. The lowest BCUT2D eigenvalue weighted by molar-refractivity contribution is -0.145. The van der Waals surface area contributed by atoms with Crippen molar-refractivity contribution in [1.82, 2.24) is 14.1 Å². The highest BCUT2D eigenvalue weighted by molar-refractivity contribution is 6.30. The number of ether oxygens (including phenoxy) is 2. The normalized spacial score (nSPS) is 12.6. The fourth-order valence-electron chi connectivity index (χ4n) is 3.30. The van der Waals surface area contributed by atoms with E-state index in [9.17, 15) is 18.8 Å². The second-order valence-corrected chi connectivity index (χ2v) is 8.61.